The van der Waals surface area contributed by atoms with Crippen LogP contribution in [-0.4, -0.2) is 5.38 Å². The van der Waals surface area contributed by atoms with Crippen LogP contribution in [-0.2, 0) is 6.42 Å². The minimum Gasteiger partial charge on any atom is -0.207 e. The second kappa shape index (κ2) is 5.50. The van der Waals surface area contributed by atoms with E-state index in [-0.39, 0.29) is 16.6 Å². The lowest BCUT2D eigenvalue weighted by molar-refractivity contribution is 0.374. The van der Waals surface area contributed by atoms with E-state index in [0.717, 1.165) is 22.9 Å². The topological polar surface area (TPSA) is 0 Å². The van der Waals surface area contributed by atoms with Gasteiger partial charge in [-0.1, -0.05) is 36.7 Å². The lowest BCUT2D eigenvalue weighted by Crippen LogP contribution is -2.21. The molecule has 16 heavy (non-hydrogen) atoms. The number of benzene rings is 1. The summed E-state index contributed by atoms with van der Waals surface area (Å²) >= 11 is 9.57. The standard InChI is InChI=1S/C13H17BrClF/c1-13(2,3)12(15)5-4-9-6-10(14)8-11(16)7-9/h6-8,12H,4-5H2,1-3H3. The molecule has 0 amide bonds. The molecule has 0 nitrogen and oxygen atoms in total. The van der Waals surface area contributed by atoms with Crippen molar-refractivity contribution in [3.8, 4) is 0 Å². The smallest absolute Gasteiger partial charge is 0.124 e. The van der Waals surface area contributed by atoms with E-state index in [9.17, 15) is 4.39 Å². The number of aryl methyl sites for hydroxylation is 1. The molecule has 0 heterocycles. The molecule has 0 saturated heterocycles. The third kappa shape index (κ3) is 4.42. The fourth-order valence-electron chi connectivity index (χ4n) is 1.48. The molecule has 0 aliphatic heterocycles. The van der Waals surface area contributed by atoms with E-state index in [0.29, 0.717) is 0 Å². The highest BCUT2D eigenvalue weighted by atomic mass is 79.9. The van der Waals surface area contributed by atoms with Crippen molar-refractivity contribution in [1.29, 1.82) is 0 Å². The molecule has 1 atom stereocenters. The molecule has 0 bridgehead atoms. The molecule has 1 aromatic carbocycles. The van der Waals surface area contributed by atoms with Crippen molar-refractivity contribution in [2.24, 2.45) is 5.41 Å². The lowest BCUT2D eigenvalue weighted by Gasteiger charge is -2.25. The quantitative estimate of drug-likeness (QED) is 0.675. The Hall–Kier alpha value is -0.0800. The molecule has 1 aromatic rings. The number of rotatable bonds is 3. The molecule has 0 saturated carbocycles. The van der Waals surface area contributed by atoms with Gasteiger partial charge < -0.3 is 0 Å². The van der Waals surface area contributed by atoms with E-state index in [1.165, 1.54) is 6.07 Å². The maximum absolute atomic E-state index is 13.1. The minimum absolute atomic E-state index is 0.0894. The molecular weight excluding hydrogens is 290 g/mol. The molecule has 0 aliphatic carbocycles. The summed E-state index contributed by atoms with van der Waals surface area (Å²) in [5.74, 6) is -0.203. The Morgan fingerprint density at radius 1 is 1.31 bits per heavy atom. The Bertz CT molecular complexity index is 337. The number of hydrogen-bond acceptors (Lipinski definition) is 0. The predicted molar refractivity (Wildman–Crippen MR) is 71.5 cm³/mol. The normalized spacial score (nSPS) is 13.9. The molecule has 0 fully saturated rings. The van der Waals surface area contributed by atoms with Crippen molar-refractivity contribution in [2.75, 3.05) is 0 Å². The zero-order valence-electron chi connectivity index (χ0n) is 9.86. The van der Waals surface area contributed by atoms with Crippen molar-refractivity contribution in [1.82, 2.24) is 0 Å². The second-order valence-electron chi connectivity index (χ2n) is 5.15. The molecule has 0 radical (unpaired) electrons. The Labute approximate surface area is 110 Å². The molecule has 0 aromatic heterocycles. The molecule has 0 spiro atoms. The summed E-state index contributed by atoms with van der Waals surface area (Å²) in [4.78, 5) is 0. The van der Waals surface area contributed by atoms with Gasteiger partial charge in [-0.3, -0.25) is 0 Å². The van der Waals surface area contributed by atoms with E-state index in [1.807, 2.05) is 6.07 Å². The summed E-state index contributed by atoms with van der Waals surface area (Å²) in [5, 5.41) is 0.106. The molecule has 0 aliphatic rings. The highest BCUT2D eigenvalue weighted by Crippen LogP contribution is 2.28. The Kier molecular flexibility index (Phi) is 4.81. The first kappa shape index (κ1) is 14.0. The number of alkyl halides is 1. The van der Waals surface area contributed by atoms with E-state index in [1.54, 1.807) is 6.07 Å². The van der Waals surface area contributed by atoms with Gasteiger partial charge in [0.25, 0.3) is 0 Å². The van der Waals surface area contributed by atoms with Crippen molar-refractivity contribution >= 4 is 27.5 Å². The molecule has 3 heteroatoms. The zero-order valence-corrected chi connectivity index (χ0v) is 12.2. The first-order valence-corrected chi connectivity index (χ1v) is 6.61. The predicted octanol–water partition coefficient (Wildman–Crippen LogP) is 5.17. The maximum atomic E-state index is 13.1. The van der Waals surface area contributed by atoms with Crippen LogP contribution in [0.1, 0.15) is 32.8 Å². The highest BCUT2D eigenvalue weighted by molar-refractivity contribution is 9.10. The number of halogens is 3. The second-order valence-corrected chi connectivity index (χ2v) is 6.59. The molecular formula is C13H17BrClF. The van der Waals surface area contributed by atoms with Gasteiger partial charge >= 0.3 is 0 Å². The number of hydrogen-bond donors (Lipinski definition) is 0. The summed E-state index contributed by atoms with van der Waals surface area (Å²) in [6.07, 6.45) is 1.67. The third-order valence-electron chi connectivity index (χ3n) is 2.55. The fourth-order valence-corrected chi connectivity index (χ4v) is 2.10. The fraction of sp³-hybridized carbons (Fsp3) is 0.538. The van der Waals surface area contributed by atoms with Gasteiger partial charge in [0.1, 0.15) is 5.82 Å². The first-order valence-electron chi connectivity index (χ1n) is 5.38. The van der Waals surface area contributed by atoms with Gasteiger partial charge in [-0.05, 0) is 42.0 Å². The first-order chi connectivity index (χ1) is 7.29. The van der Waals surface area contributed by atoms with Crippen LogP contribution in [0.3, 0.4) is 0 Å². The molecule has 1 unspecified atom stereocenters. The summed E-state index contributed by atoms with van der Waals surface area (Å²) in [5.41, 5.74) is 1.08. The Balaban J connectivity index is 2.61. The van der Waals surface area contributed by atoms with E-state index in [4.69, 9.17) is 11.6 Å². The average molecular weight is 308 g/mol. The summed E-state index contributed by atoms with van der Waals surface area (Å²) in [6.45, 7) is 6.35. The van der Waals surface area contributed by atoms with Crippen molar-refractivity contribution in [3.63, 3.8) is 0 Å². The van der Waals surface area contributed by atoms with Crippen LogP contribution in [0.2, 0.25) is 0 Å². The van der Waals surface area contributed by atoms with Crippen LogP contribution in [0.5, 0.6) is 0 Å². The van der Waals surface area contributed by atoms with E-state index in [2.05, 4.69) is 36.7 Å². The largest absolute Gasteiger partial charge is 0.207 e. The summed E-state index contributed by atoms with van der Waals surface area (Å²) < 4.78 is 13.9. The zero-order chi connectivity index (χ0) is 12.3. The van der Waals surface area contributed by atoms with Crippen LogP contribution in [0.25, 0.3) is 0 Å². The van der Waals surface area contributed by atoms with Crippen LogP contribution >= 0.6 is 27.5 Å². The van der Waals surface area contributed by atoms with Crippen molar-refractivity contribution < 1.29 is 4.39 Å². The summed E-state index contributed by atoms with van der Waals surface area (Å²) in [6, 6.07) is 4.97. The van der Waals surface area contributed by atoms with Gasteiger partial charge in [0.15, 0.2) is 0 Å². The van der Waals surface area contributed by atoms with Gasteiger partial charge in [-0.2, -0.15) is 0 Å². The average Bonchev–Trinajstić information content (AvgIpc) is 2.11. The SMILES string of the molecule is CC(C)(C)C(Cl)CCc1cc(F)cc(Br)c1. The minimum atomic E-state index is -0.203. The monoisotopic (exact) mass is 306 g/mol. The van der Waals surface area contributed by atoms with Crippen molar-refractivity contribution in [3.05, 3.63) is 34.1 Å². The van der Waals surface area contributed by atoms with E-state index >= 15 is 0 Å². The van der Waals surface area contributed by atoms with Gasteiger partial charge in [0, 0.05) is 9.85 Å². The van der Waals surface area contributed by atoms with Crippen molar-refractivity contribution in [2.45, 2.75) is 39.0 Å². The molecule has 1 rings (SSSR count). The van der Waals surface area contributed by atoms with Crippen LogP contribution in [0, 0.1) is 11.2 Å². The lowest BCUT2D eigenvalue weighted by atomic mass is 9.88. The van der Waals surface area contributed by atoms with Gasteiger partial charge in [-0.25, -0.2) is 4.39 Å². The van der Waals surface area contributed by atoms with Gasteiger partial charge in [0.2, 0.25) is 0 Å². The molecule has 90 valence electrons. The van der Waals surface area contributed by atoms with E-state index < -0.39 is 0 Å². The molecule has 0 N–H and O–H groups in total. The van der Waals surface area contributed by atoms with Gasteiger partial charge in [0.05, 0.1) is 0 Å². The summed E-state index contributed by atoms with van der Waals surface area (Å²) in [7, 11) is 0. The van der Waals surface area contributed by atoms with Crippen LogP contribution in [0.15, 0.2) is 22.7 Å². The highest BCUT2D eigenvalue weighted by Gasteiger charge is 2.21. The third-order valence-corrected chi connectivity index (χ3v) is 3.88. The van der Waals surface area contributed by atoms with Crippen LogP contribution in [0.4, 0.5) is 4.39 Å². The Morgan fingerprint density at radius 3 is 2.44 bits per heavy atom. The maximum Gasteiger partial charge on any atom is 0.124 e. The Morgan fingerprint density at radius 2 is 1.94 bits per heavy atom. The van der Waals surface area contributed by atoms with Gasteiger partial charge in [-0.15, -0.1) is 11.6 Å². The van der Waals surface area contributed by atoms with Crippen LogP contribution < -0.4 is 0 Å².